The molecule has 3 aromatic rings. The summed E-state index contributed by atoms with van der Waals surface area (Å²) in [7, 11) is 0. The van der Waals surface area contributed by atoms with Crippen molar-refractivity contribution in [2.45, 2.75) is 45.3 Å². The second-order valence-corrected chi connectivity index (χ2v) is 6.10. The Morgan fingerprint density at radius 1 is 1.29 bits per heavy atom. The standard InChI is InChI=1S/C17H20N6O/c1-12-9-15(23-17(22-12)20-11-21-23)19-10-13-5-4-8-18-16(13)24-14-6-2-3-7-14/h4-5,8-9,11,14,19H,2-3,6-7,10H2,1H3. The Balaban J connectivity index is 1.54. The fraction of sp³-hybridized carbons (Fsp3) is 0.412. The van der Waals surface area contributed by atoms with Gasteiger partial charge < -0.3 is 10.1 Å². The molecule has 0 atom stereocenters. The minimum absolute atomic E-state index is 0.295. The largest absolute Gasteiger partial charge is 0.474 e. The van der Waals surface area contributed by atoms with Gasteiger partial charge in [-0.2, -0.15) is 14.6 Å². The van der Waals surface area contributed by atoms with Crippen molar-refractivity contribution in [3.8, 4) is 5.88 Å². The van der Waals surface area contributed by atoms with Crippen LogP contribution in [0.1, 0.15) is 36.9 Å². The Bertz CT molecular complexity index is 840. The topological polar surface area (TPSA) is 77.2 Å². The summed E-state index contributed by atoms with van der Waals surface area (Å²) in [5, 5.41) is 7.61. The molecule has 4 rings (SSSR count). The smallest absolute Gasteiger partial charge is 0.254 e. The van der Waals surface area contributed by atoms with Gasteiger partial charge in [0.2, 0.25) is 5.88 Å². The Morgan fingerprint density at radius 3 is 3.04 bits per heavy atom. The lowest BCUT2D eigenvalue weighted by atomic mass is 10.2. The highest BCUT2D eigenvalue weighted by Gasteiger charge is 2.18. The van der Waals surface area contributed by atoms with E-state index in [1.165, 1.54) is 19.2 Å². The van der Waals surface area contributed by atoms with E-state index in [1.54, 1.807) is 10.7 Å². The van der Waals surface area contributed by atoms with Crippen LogP contribution in [-0.4, -0.2) is 30.7 Å². The van der Waals surface area contributed by atoms with Crippen molar-refractivity contribution in [2.75, 3.05) is 5.32 Å². The van der Waals surface area contributed by atoms with Gasteiger partial charge in [-0.3, -0.25) is 0 Å². The molecule has 7 nitrogen and oxygen atoms in total. The SMILES string of the molecule is Cc1cc(NCc2cccnc2OC2CCCC2)n2ncnc2n1. The number of nitrogens with zero attached hydrogens (tertiary/aromatic N) is 5. The van der Waals surface area contributed by atoms with E-state index in [9.17, 15) is 0 Å². The minimum atomic E-state index is 0.295. The Morgan fingerprint density at radius 2 is 2.17 bits per heavy atom. The first-order valence-corrected chi connectivity index (χ1v) is 8.31. The molecule has 0 bridgehead atoms. The molecule has 0 aromatic carbocycles. The van der Waals surface area contributed by atoms with Crippen molar-refractivity contribution >= 4 is 11.6 Å². The summed E-state index contributed by atoms with van der Waals surface area (Å²) in [6.45, 7) is 2.55. The van der Waals surface area contributed by atoms with Crippen LogP contribution < -0.4 is 10.1 Å². The molecule has 124 valence electrons. The molecule has 1 aliphatic carbocycles. The number of hydrogen-bond acceptors (Lipinski definition) is 6. The first-order valence-electron chi connectivity index (χ1n) is 8.31. The Kier molecular flexibility index (Phi) is 3.98. The van der Waals surface area contributed by atoms with Crippen molar-refractivity contribution in [3.63, 3.8) is 0 Å². The third kappa shape index (κ3) is 3.02. The molecule has 0 saturated heterocycles. The zero-order chi connectivity index (χ0) is 16.4. The zero-order valence-electron chi connectivity index (χ0n) is 13.6. The summed E-state index contributed by atoms with van der Waals surface area (Å²) < 4.78 is 7.79. The van der Waals surface area contributed by atoms with Crippen LogP contribution >= 0.6 is 0 Å². The van der Waals surface area contributed by atoms with Crippen LogP contribution in [0.15, 0.2) is 30.7 Å². The number of aryl methyl sites for hydroxylation is 1. The minimum Gasteiger partial charge on any atom is -0.474 e. The maximum atomic E-state index is 6.09. The molecule has 24 heavy (non-hydrogen) atoms. The van der Waals surface area contributed by atoms with Gasteiger partial charge in [0.05, 0.1) is 0 Å². The van der Waals surface area contributed by atoms with Gasteiger partial charge in [0, 0.05) is 30.1 Å². The molecular formula is C17H20N6O. The first kappa shape index (κ1) is 14.9. The molecule has 0 radical (unpaired) electrons. The number of nitrogens with one attached hydrogen (secondary N) is 1. The summed E-state index contributed by atoms with van der Waals surface area (Å²) in [6, 6.07) is 5.92. The Hall–Kier alpha value is -2.70. The predicted octanol–water partition coefficient (Wildman–Crippen LogP) is 2.76. The van der Waals surface area contributed by atoms with Crippen LogP contribution in [0.5, 0.6) is 5.88 Å². The van der Waals surface area contributed by atoms with E-state index in [2.05, 4.69) is 25.4 Å². The summed E-state index contributed by atoms with van der Waals surface area (Å²) in [6.07, 6.45) is 8.30. The second-order valence-electron chi connectivity index (χ2n) is 6.10. The van der Waals surface area contributed by atoms with Crippen molar-refractivity contribution < 1.29 is 4.74 Å². The fourth-order valence-corrected chi connectivity index (χ4v) is 3.07. The summed E-state index contributed by atoms with van der Waals surface area (Å²) in [4.78, 5) is 12.9. The number of anilines is 1. The van der Waals surface area contributed by atoms with Crippen molar-refractivity contribution in [1.82, 2.24) is 24.6 Å². The lowest BCUT2D eigenvalue weighted by Gasteiger charge is -2.16. The maximum absolute atomic E-state index is 6.09. The second kappa shape index (κ2) is 6.43. The lowest BCUT2D eigenvalue weighted by Crippen LogP contribution is -2.14. The fourth-order valence-electron chi connectivity index (χ4n) is 3.07. The quantitative estimate of drug-likeness (QED) is 0.777. The van der Waals surface area contributed by atoms with Gasteiger partial charge in [0.1, 0.15) is 18.2 Å². The van der Waals surface area contributed by atoms with Crippen molar-refractivity contribution in [3.05, 3.63) is 42.0 Å². The summed E-state index contributed by atoms with van der Waals surface area (Å²) in [5.41, 5.74) is 1.93. The molecule has 3 heterocycles. The third-order valence-corrected chi connectivity index (χ3v) is 4.27. The molecule has 0 spiro atoms. The third-order valence-electron chi connectivity index (χ3n) is 4.27. The van der Waals surface area contributed by atoms with Crippen LogP contribution in [0.2, 0.25) is 0 Å². The van der Waals surface area contributed by atoms with E-state index in [4.69, 9.17) is 4.74 Å². The van der Waals surface area contributed by atoms with Crippen molar-refractivity contribution in [1.29, 1.82) is 0 Å². The molecule has 0 amide bonds. The molecule has 3 aromatic heterocycles. The van der Waals surface area contributed by atoms with Gasteiger partial charge in [-0.15, -0.1) is 0 Å². The molecule has 7 heteroatoms. The highest BCUT2D eigenvalue weighted by molar-refractivity contribution is 5.45. The molecule has 1 aliphatic rings. The molecule has 1 fully saturated rings. The van der Waals surface area contributed by atoms with E-state index in [0.29, 0.717) is 18.4 Å². The van der Waals surface area contributed by atoms with Crippen LogP contribution in [-0.2, 0) is 6.54 Å². The monoisotopic (exact) mass is 324 g/mol. The van der Waals surface area contributed by atoms with E-state index in [0.717, 1.165) is 35.8 Å². The van der Waals surface area contributed by atoms with E-state index in [-0.39, 0.29) is 0 Å². The predicted molar refractivity (Wildman–Crippen MR) is 90.0 cm³/mol. The number of ether oxygens (including phenoxy) is 1. The molecule has 0 aliphatic heterocycles. The maximum Gasteiger partial charge on any atom is 0.254 e. The van der Waals surface area contributed by atoms with E-state index < -0.39 is 0 Å². The average Bonchev–Trinajstić information content (AvgIpc) is 3.25. The number of pyridine rings is 1. The first-order chi connectivity index (χ1) is 11.8. The van der Waals surface area contributed by atoms with Gasteiger partial charge in [-0.1, -0.05) is 6.07 Å². The highest BCUT2D eigenvalue weighted by Crippen LogP contribution is 2.25. The van der Waals surface area contributed by atoms with Crippen LogP contribution in [0.25, 0.3) is 5.78 Å². The Labute approximate surface area is 140 Å². The summed E-state index contributed by atoms with van der Waals surface area (Å²) in [5.74, 6) is 2.16. The van der Waals surface area contributed by atoms with Gasteiger partial charge >= 0.3 is 0 Å². The molecular weight excluding hydrogens is 304 g/mol. The van der Waals surface area contributed by atoms with Gasteiger partial charge in [0.25, 0.3) is 5.78 Å². The van der Waals surface area contributed by atoms with Crippen molar-refractivity contribution in [2.24, 2.45) is 0 Å². The number of rotatable bonds is 5. The number of aromatic nitrogens is 5. The number of fused-ring (bicyclic) bond motifs is 1. The molecule has 0 unspecified atom stereocenters. The van der Waals surface area contributed by atoms with Crippen LogP contribution in [0.4, 0.5) is 5.82 Å². The van der Waals surface area contributed by atoms with Gasteiger partial charge in [-0.25, -0.2) is 9.97 Å². The normalized spacial score (nSPS) is 15.0. The highest BCUT2D eigenvalue weighted by atomic mass is 16.5. The number of hydrogen-bond donors (Lipinski definition) is 1. The summed E-state index contributed by atoms with van der Waals surface area (Å²) >= 11 is 0. The average molecular weight is 324 g/mol. The molecule has 1 saturated carbocycles. The van der Waals surface area contributed by atoms with E-state index in [1.807, 2.05) is 25.1 Å². The molecule has 1 N–H and O–H groups in total. The van der Waals surface area contributed by atoms with Gasteiger partial charge in [-0.05, 0) is 38.7 Å². The van der Waals surface area contributed by atoms with Crippen LogP contribution in [0, 0.1) is 6.92 Å². The lowest BCUT2D eigenvalue weighted by molar-refractivity contribution is 0.199. The zero-order valence-corrected chi connectivity index (χ0v) is 13.6. The van der Waals surface area contributed by atoms with E-state index >= 15 is 0 Å². The van der Waals surface area contributed by atoms with Crippen LogP contribution in [0.3, 0.4) is 0 Å². The van der Waals surface area contributed by atoms with Gasteiger partial charge in [0.15, 0.2) is 0 Å².